The van der Waals surface area contributed by atoms with Crippen LogP contribution in [-0.4, -0.2) is 60.5 Å². The fourth-order valence-electron chi connectivity index (χ4n) is 2.61. The van der Waals surface area contributed by atoms with Crippen molar-refractivity contribution in [2.45, 2.75) is 52.2 Å². The number of hydrogen-bond donors (Lipinski definition) is 1. The summed E-state index contributed by atoms with van der Waals surface area (Å²) in [7, 11) is 2.05. The van der Waals surface area contributed by atoms with Gasteiger partial charge in [-0.15, -0.1) is 0 Å². The van der Waals surface area contributed by atoms with Crippen molar-refractivity contribution in [2.24, 2.45) is 0 Å². The highest BCUT2D eigenvalue weighted by Gasteiger charge is 2.25. The minimum atomic E-state index is 0.240. The lowest BCUT2D eigenvalue weighted by molar-refractivity contribution is -0.136. The molecule has 0 aromatic carbocycles. The third-order valence-corrected chi connectivity index (χ3v) is 3.44. The van der Waals surface area contributed by atoms with Gasteiger partial charge in [-0.25, -0.2) is 0 Å². The van der Waals surface area contributed by atoms with Gasteiger partial charge in [-0.1, -0.05) is 0 Å². The number of likely N-dealkylation sites (N-methyl/N-ethyl adjacent to an activating group) is 1. The zero-order chi connectivity index (χ0) is 13.0. The number of nitrogens with one attached hydrogen (secondary N) is 1. The molecule has 1 heterocycles. The van der Waals surface area contributed by atoms with Crippen LogP contribution in [0, 0.1) is 0 Å². The molecule has 17 heavy (non-hydrogen) atoms. The second kappa shape index (κ2) is 6.36. The van der Waals surface area contributed by atoms with Crippen LogP contribution in [0.3, 0.4) is 0 Å². The first-order valence-corrected chi connectivity index (χ1v) is 6.65. The molecule has 0 bridgehead atoms. The maximum absolute atomic E-state index is 12.3. The van der Waals surface area contributed by atoms with E-state index >= 15 is 0 Å². The third-order valence-electron chi connectivity index (χ3n) is 3.44. The summed E-state index contributed by atoms with van der Waals surface area (Å²) in [4.78, 5) is 16.4. The first-order chi connectivity index (χ1) is 7.93. The van der Waals surface area contributed by atoms with Crippen LogP contribution < -0.4 is 5.32 Å². The van der Waals surface area contributed by atoms with E-state index in [9.17, 15) is 4.79 Å². The molecule has 1 N–H and O–H groups in total. The summed E-state index contributed by atoms with van der Waals surface area (Å²) in [6.45, 7) is 10.9. The fourth-order valence-corrected chi connectivity index (χ4v) is 2.61. The molecule has 1 fully saturated rings. The van der Waals surface area contributed by atoms with Crippen LogP contribution in [0.2, 0.25) is 0 Å². The molecule has 0 saturated carbocycles. The van der Waals surface area contributed by atoms with Gasteiger partial charge >= 0.3 is 0 Å². The van der Waals surface area contributed by atoms with Gasteiger partial charge in [0.2, 0.25) is 5.91 Å². The molecule has 1 saturated heterocycles. The molecule has 1 aliphatic heterocycles. The second-order valence-corrected chi connectivity index (χ2v) is 5.55. The zero-order valence-electron chi connectivity index (χ0n) is 11.9. The van der Waals surface area contributed by atoms with Crippen LogP contribution >= 0.6 is 0 Å². The smallest absolute Gasteiger partial charge is 0.237 e. The van der Waals surface area contributed by atoms with Crippen LogP contribution in [0.4, 0.5) is 0 Å². The van der Waals surface area contributed by atoms with E-state index in [4.69, 9.17) is 0 Å². The lowest BCUT2D eigenvalue weighted by Crippen LogP contribution is -2.48. The van der Waals surface area contributed by atoms with Crippen molar-refractivity contribution in [3.05, 3.63) is 0 Å². The molecule has 1 atom stereocenters. The Kier molecular flexibility index (Phi) is 5.40. The topological polar surface area (TPSA) is 35.6 Å². The van der Waals surface area contributed by atoms with Gasteiger partial charge in [0.1, 0.15) is 0 Å². The summed E-state index contributed by atoms with van der Waals surface area (Å²) in [6, 6.07) is 1.07. The van der Waals surface area contributed by atoms with Gasteiger partial charge in [0.05, 0.1) is 6.54 Å². The molecule has 4 nitrogen and oxygen atoms in total. The van der Waals surface area contributed by atoms with Gasteiger partial charge in [-0.3, -0.25) is 9.69 Å². The van der Waals surface area contributed by atoms with Gasteiger partial charge in [0, 0.05) is 24.7 Å². The summed E-state index contributed by atoms with van der Waals surface area (Å²) in [5.41, 5.74) is 0. The Bertz CT molecular complexity index is 239. The minimum absolute atomic E-state index is 0.240. The molecule has 0 aromatic heterocycles. The van der Waals surface area contributed by atoms with Gasteiger partial charge < -0.3 is 10.2 Å². The lowest BCUT2D eigenvalue weighted by atomic mass is 10.2. The molecule has 4 heteroatoms. The predicted octanol–water partition coefficient (Wildman–Crippen LogP) is 0.925. The zero-order valence-corrected chi connectivity index (χ0v) is 11.9. The van der Waals surface area contributed by atoms with Crippen LogP contribution in [0.25, 0.3) is 0 Å². The third kappa shape index (κ3) is 3.96. The van der Waals surface area contributed by atoms with Crippen molar-refractivity contribution in [1.29, 1.82) is 0 Å². The molecule has 0 radical (unpaired) electrons. The fraction of sp³-hybridized carbons (Fsp3) is 0.923. The van der Waals surface area contributed by atoms with Crippen molar-refractivity contribution >= 4 is 5.91 Å². The van der Waals surface area contributed by atoms with Crippen molar-refractivity contribution in [2.75, 3.05) is 26.7 Å². The molecule has 100 valence electrons. The molecule has 0 spiro atoms. The molecule has 1 unspecified atom stereocenters. The highest BCUT2D eigenvalue weighted by Crippen LogP contribution is 2.10. The molecule has 1 amide bonds. The SMILES string of the molecule is CC(C)N(C(=O)CN(C)C1CCNC1)C(C)C. The number of carbonyl (C=O) groups is 1. The minimum Gasteiger partial charge on any atom is -0.337 e. The van der Waals surface area contributed by atoms with Gasteiger partial charge in [-0.05, 0) is 47.7 Å². The number of hydrogen-bond acceptors (Lipinski definition) is 3. The Hall–Kier alpha value is -0.610. The van der Waals surface area contributed by atoms with Crippen LogP contribution in [-0.2, 0) is 4.79 Å². The van der Waals surface area contributed by atoms with Crippen LogP contribution in [0.1, 0.15) is 34.1 Å². The maximum atomic E-state index is 12.3. The summed E-state index contributed by atoms with van der Waals surface area (Å²) < 4.78 is 0. The Balaban J connectivity index is 2.51. The highest BCUT2D eigenvalue weighted by molar-refractivity contribution is 5.78. The van der Waals surface area contributed by atoms with E-state index in [0.717, 1.165) is 19.5 Å². The van der Waals surface area contributed by atoms with E-state index in [1.165, 1.54) is 0 Å². The molecular formula is C13H27N3O. The molecule has 1 rings (SSSR count). The average molecular weight is 241 g/mol. The number of nitrogens with zero attached hydrogens (tertiary/aromatic N) is 2. The summed E-state index contributed by atoms with van der Waals surface area (Å²) >= 11 is 0. The van der Waals surface area contributed by atoms with Crippen molar-refractivity contribution in [1.82, 2.24) is 15.1 Å². The Morgan fingerprint density at radius 3 is 2.29 bits per heavy atom. The van der Waals surface area contributed by atoms with Crippen LogP contribution in [0.5, 0.6) is 0 Å². The molecule has 0 aromatic rings. The van der Waals surface area contributed by atoms with E-state index in [1.807, 2.05) is 4.90 Å². The Labute approximate surface area is 105 Å². The first kappa shape index (κ1) is 14.5. The van der Waals surface area contributed by atoms with E-state index in [-0.39, 0.29) is 18.0 Å². The normalized spacial score (nSPS) is 20.6. The molecule has 1 aliphatic rings. The number of rotatable bonds is 5. The molecule has 0 aliphatic carbocycles. The highest BCUT2D eigenvalue weighted by atomic mass is 16.2. The summed E-state index contributed by atoms with van der Waals surface area (Å²) in [6.07, 6.45) is 1.15. The standard InChI is InChI=1S/C13H27N3O/c1-10(2)16(11(3)4)13(17)9-15(5)12-6-7-14-8-12/h10-12,14H,6-9H2,1-5H3. The van der Waals surface area contributed by atoms with Gasteiger partial charge in [0.25, 0.3) is 0 Å². The summed E-state index contributed by atoms with van der Waals surface area (Å²) in [5.74, 6) is 0.240. The van der Waals surface area contributed by atoms with Crippen molar-refractivity contribution < 1.29 is 4.79 Å². The van der Waals surface area contributed by atoms with Gasteiger partial charge in [0.15, 0.2) is 0 Å². The molecular weight excluding hydrogens is 214 g/mol. The van der Waals surface area contributed by atoms with E-state index in [1.54, 1.807) is 0 Å². The number of carbonyl (C=O) groups excluding carboxylic acids is 1. The lowest BCUT2D eigenvalue weighted by Gasteiger charge is -2.33. The summed E-state index contributed by atoms with van der Waals surface area (Å²) in [5, 5.41) is 3.33. The van der Waals surface area contributed by atoms with Crippen molar-refractivity contribution in [3.63, 3.8) is 0 Å². The van der Waals surface area contributed by atoms with Crippen molar-refractivity contribution in [3.8, 4) is 0 Å². The van der Waals surface area contributed by atoms with E-state index in [0.29, 0.717) is 12.6 Å². The predicted molar refractivity (Wildman–Crippen MR) is 71.0 cm³/mol. The van der Waals surface area contributed by atoms with Gasteiger partial charge in [-0.2, -0.15) is 0 Å². The van der Waals surface area contributed by atoms with Crippen LogP contribution in [0.15, 0.2) is 0 Å². The monoisotopic (exact) mass is 241 g/mol. The first-order valence-electron chi connectivity index (χ1n) is 6.65. The largest absolute Gasteiger partial charge is 0.337 e. The quantitative estimate of drug-likeness (QED) is 0.777. The Morgan fingerprint density at radius 2 is 1.88 bits per heavy atom. The van der Waals surface area contributed by atoms with E-state index < -0.39 is 0 Å². The maximum Gasteiger partial charge on any atom is 0.237 e. The van der Waals surface area contributed by atoms with E-state index in [2.05, 4.69) is 45.0 Å². The average Bonchev–Trinajstić information content (AvgIpc) is 2.68. The second-order valence-electron chi connectivity index (χ2n) is 5.55. The number of amides is 1. The Morgan fingerprint density at radius 1 is 1.29 bits per heavy atom.